The fourth-order valence-electron chi connectivity index (χ4n) is 4.60. The third kappa shape index (κ3) is 6.31. The number of sulfone groups is 1. The van der Waals surface area contributed by atoms with Crippen LogP contribution in [0.5, 0.6) is 5.75 Å². The monoisotopic (exact) mass is 527 g/mol. The molecule has 1 aromatic heterocycles. The highest BCUT2D eigenvalue weighted by molar-refractivity contribution is 7.93. The van der Waals surface area contributed by atoms with Gasteiger partial charge in [0.15, 0.2) is 0 Å². The number of carbonyl (C=O) groups is 1. The quantitative estimate of drug-likeness (QED) is 0.300. The number of nitrogens with one attached hydrogen (secondary N) is 2. The first kappa shape index (κ1) is 29.0. The number of hydrogen-bond acceptors (Lipinski definition) is 8. The van der Waals surface area contributed by atoms with E-state index in [-0.39, 0.29) is 30.0 Å². The molecular weight excluding hydrogens is 494 g/mol. The summed E-state index contributed by atoms with van der Waals surface area (Å²) in [5.41, 5.74) is 2.39. The first-order chi connectivity index (χ1) is 16.4. The van der Waals surface area contributed by atoms with Crippen LogP contribution < -0.4 is 15.5 Å². The van der Waals surface area contributed by atoms with Crippen LogP contribution in [0.1, 0.15) is 45.1 Å². The first-order valence-electron chi connectivity index (χ1n) is 11.6. The van der Waals surface area contributed by atoms with E-state index in [0.29, 0.717) is 44.6 Å². The van der Waals surface area contributed by atoms with E-state index in [0.717, 1.165) is 5.56 Å². The van der Waals surface area contributed by atoms with E-state index in [4.69, 9.17) is 9.47 Å². The third-order valence-electron chi connectivity index (χ3n) is 6.26. The molecule has 3 rings (SSSR count). The van der Waals surface area contributed by atoms with Crippen LogP contribution in [0.3, 0.4) is 0 Å². The summed E-state index contributed by atoms with van der Waals surface area (Å²) < 4.78 is 39.4. The molecule has 1 aromatic carbocycles. The Bertz CT molecular complexity index is 1030. The minimum absolute atomic E-state index is 0. The van der Waals surface area contributed by atoms with Crippen molar-refractivity contribution in [2.45, 2.75) is 61.9 Å². The number of hydroxylamine groups is 1. The summed E-state index contributed by atoms with van der Waals surface area (Å²) in [5, 5.41) is 12.7. The molecule has 1 aliphatic rings. The van der Waals surface area contributed by atoms with Gasteiger partial charge < -0.3 is 9.47 Å². The minimum Gasteiger partial charge on any atom is -0.494 e. The van der Waals surface area contributed by atoms with Crippen molar-refractivity contribution in [3.8, 4) is 5.75 Å². The summed E-state index contributed by atoms with van der Waals surface area (Å²) >= 11 is 0. The molecule has 0 unspecified atom stereocenters. The molecule has 0 bridgehead atoms. The minimum atomic E-state index is -4.30. The lowest BCUT2D eigenvalue weighted by Gasteiger charge is -2.42. The Morgan fingerprint density at radius 2 is 1.69 bits per heavy atom. The molecule has 1 amide bonds. The van der Waals surface area contributed by atoms with E-state index >= 15 is 0 Å². The number of rotatable bonds is 11. The van der Waals surface area contributed by atoms with E-state index in [1.165, 1.54) is 12.1 Å². The van der Waals surface area contributed by atoms with Crippen molar-refractivity contribution in [1.29, 1.82) is 0 Å². The predicted octanol–water partition coefficient (Wildman–Crippen LogP) is 3.26. The molecule has 194 valence electrons. The maximum absolute atomic E-state index is 14.1. The van der Waals surface area contributed by atoms with E-state index in [1.54, 1.807) is 42.1 Å². The van der Waals surface area contributed by atoms with Gasteiger partial charge in [0.2, 0.25) is 14.7 Å². The van der Waals surface area contributed by atoms with Crippen molar-refractivity contribution in [2.75, 3.05) is 13.2 Å². The Hall–Kier alpha value is -2.24. The van der Waals surface area contributed by atoms with Crippen LogP contribution in [0.2, 0.25) is 0 Å². The van der Waals surface area contributed by atoms with E-state index in [2.05, 4.69) is 10.3 Å². The molecule has 9 nitrogen and oxygen atoms in total. The SMILES string of the molecule is CCOc1ccc(S(=O)(=O)[C@@](NCc2ccncc2)(C(=O)NO)[C@H]2CC[C@H](OCC)CC2)cc1.Cl. The van der Waals surface area contributed by atoms with Gasteiger partial charge in [-0.25, -0.2) is 13.9 Å². The highest BCUT2D eigenvalue weighted by atomic mass is 35.5. The fourth-order valence-corrected chi connectivity index (χ4v) is 6.70. The molecule has 1 aliphatic carbocycles. The van der Waals surface area contributed by atoms with Crippen LogP contribution in [0.4, 0.5) is 0 Å². The van der Waals surface area contributed by atoms with Crippen LogP contribution in [-0.2, 0) is 25.9 Å². The normalized spacial score (nSPS) is 19.7. The fraction of sp³-hybridized carbons (Fsp3) is 0.500. The zero-order valence-electron chi connectivity index (χ0n) is 20.0. The maximum Gasteiger partial charge on any atom is 0.280 e. The Morgan fingerprint density at radius 3 is 2.23 bits per heavy atom. The Kier molecular flexibility index (Phi) is 10.9. The summed E-state index contributed by atoms with van der Waals surface area (Å²) in [4.78, 5) is 15.1. The lowest BCUT2D eigenvalue weighted by molar-refractivity contribution is -0.135. The number of halogens is 1. The van der Waals surface area contributed by atoms with Gasteiger partial charge >= 0.3 is 0 Å². The van der Waals surface area contributed by atoms with Gasteiger partial charge in [-0.15, -0.1) is 12.4 Å². The predicted molar refractivity (Wildman–Crippen MR) is 133 cm³/mol. The largest absolute Gasteiger partial charge is 0.494 e. The molecule has 1 fully saturated rings. The molecule has 0 saturated heterocycles. The molecule has 3 N–H and O–H groups in total. The average molecular weight is 528 g/mol. The zero-order valence-corrected chi connectivity index (χ0v) is 21.6. The van der Waals surface area contributed by atoms with Gasteiger partial charge in [0.25, 0.3) is 5.91 Å². The maximum atomic E-state index is 14.1. The van der Waals surface area contributed by atoms with Crippen molar-refractivity contribution < 1.29 is 27.9 Å². The van der Waals surface area contributed by atoms with Gasteiger partial charge in [-0.1, -0.05) is 0 Å². The number of hydrogen-bond donors (Lipinski definition) is 3. The molecule has 35 heavy (non-hydrogen) atoms. The second kappa shape index (κ2) is 13.2. The number of nitrogens with zero attached hydrogens (tertiary/aromatic N) is 1. The van der Waals surface area contributed by atoms with Crippen LogP contribution in [-0.4, -0.2) is 48.7 Å². The van der Waals surface area contributed by atoms with Crippen LogP contribution in [0.15, 0.2) is 53.7 Å². The number of pyridine rings is 1. The summed E-state index contributed by atoms with van der Waals surface area (Å²) in [6.07, 6.45) is 5.33. The van der Waals surface area contributed by atoms with Crippen LogP contribution in [0, 0.1) is 5.92 Å². The van der Waals surface area contributed by atoms with Gasteiger partial charge in [0.05, 0.1) is 17.6 Å². The number of aromatic nitrogens is 1. The molecule has 0 aliphatic heterocycles. The number of carbonyl (C=O) groups excluding carboxylic acids is 1. The third-order valence-corrected chi connectivity index (χ3v) is 8.67. The van der Waals surface area contributed by atoms with E-state index in [1.807, 2.05) is 13.8 Å². The number of ether oxygens (including phenoxy) is 2. The second-order valence-electron chi connectivity index (χ2n) is 8.22. The topological polar surface area (TPSA) is 127 Å². The Labute approximate surface area is 212 Å². The number of benzene rings is 1. The number of amides is 1. The van der Waals surface area contributed by atoms with Gasteiger partial charge in [-0.3, -0.25) is 20.3 Å². The Balaban J connectivity index is 0.00000432. The van der Waals surface area contributed by atoms with Gasteiger partial charge in [-0.05, 0) is 81.5 Å². The summed E-state index contributed by atoms with van der Waals surface area (Å²) in [6, 6.07) is 9.47. The molecule has 0 spiro atoms. The smallest absolute Gasteiger partial charge is 0.280 e. The Morgan fingerprint density at radius 1 is 1.06 bits per heavy atom. The second-order valence-corrected chi connectivity index (χ2v) is 10.3. The molecule has 1 atom stereocenters. The molecule has 11 heteroatoms. The molecule has 1 saturated carbocycles. The van der Waals surface area contributed by atoms with Crippen molar-refractivity contribution >= 4 is 28.2 Å². The van der Waals surface area contributed by atoms with Gasteiger partial charge in [0, 0.05) is 31.5 Å². The van der Waals surface area contributed by atoms with Crippen molar-refractivity contribution in [1.82, 2.24) is 15.8 Å². The summed E-state index contributed by atoms with van der Waals surface area (Å²) in [7, 11) is -4.30. The molecular formula is C24H34ClN3O6S. The van der Waals surface area contributed by atoms with Crippen LogP contribution in [0.25, 0.3) is 0 Å². The standard InChI is InChI=1S/C24H33N3O6S.ClH/c1-3-32-20-7-5-19(6-8-20)24(23(28)27-29,26-17-18-13-15-25-16-14-18)34(30,31)22-11-9-21(10-12-22)33-4-2;/h9-16,19-20,26,29H,3-8,17H2,1-2H3,(H,27,28);1H/t19-,20-,24-;/m1./s1. The molecule has 0 radical (unpaired) electrons. The van der Waals surface area contributed by atoms with Gasteiger partial charge in [0.1, 0.15) is 5.75 Å². The molecule has 1 heterocycles. The molecule has 2 aromatic rings. The average Bonchev–Trinajstić information content (AvgIpc) is 2.86. The zero-order chi connectivity index (χ0) is 24.6. The van der Waals surface area contributed by atoms with Crippen molar-refractivity contribution in [2.24, 2.45) is 5.92 Å². The highest BCUT2D eigenvalue weighted by Gasteiger charge is 2.57. The summed E-state index contributed by atoms with van der Waals surface area (Å²) in [6.45, 7) is 4.87. The van der Waals surface area contributed by atoms with E-state index < -0.39 is 26.5 Å². The lowest BCUT2D eigenvalue weighted by atomic mass is 9.81. The highest BCUT2D eigenvalue weighted by Crippen LogP contribution is 2.41. The van der Waals surface area contributed by atoms with Gasteiger partial charge in [-0.2, -0.15) is 0 Å². The van der Waals surface area contributed by atoms with Crippen molar-refractivity contribution in [3.63, 3.8) is 0 Å². The van der Waals surface area contributed by atoms with Crippen LogP contribution >= 0.6 is 12.4 Å². The van der Waals surface area contributed by atoms with Crippen molar-refractivity contribution in [3.05, 3.63) is 54.4 Å². The first-order valence-corrected chi connectivity index (χ1v) is 13.0. The lowest BCUT2D eigenvalue weighted by Crippen LogP contribution is -2.66. The summed E-state index contributed by atoms with van der Waals surface area (Å²) in [5.74, 6) is -1.06. The van der Waals surface area contributed by atoms with E-state index in [9.17, 15) is 18.4 Å².